The Hall–Kier alpha value is -1.98. The van der Waals surface area contributed by atoms with Crippen LogP contribution in [-0.4, -0.2) is 12.5 Å². The number of carbonyl (C=O) groups excluding carboxylic acids is 1. The molecule has 0 unspecified atom stereocenters. The lowest BCUT2D eigenvalue weighted by Crippen LogP contribution is -2.20. The minimum atomic E-state index is -0.546. The molecule has 3 N–H and O–H groups in total. The summed E-state index contributed by atoms with van der Waals surface area (Å²) in [6.45, 7) is -0.267. The van der Waals surface area contributed by atoms with E-state index in [9.17, 15) is 9.18 Å². The second-order valence-electron chi connectivity index (χ2n) is 4.13. The van der Waals surface area contributed by atoms with Gasteiger partial charge in [-0.05, 0) is 30.3 Å². The molecule has 110 valence electrons. The Morgan fingerprint density at radius 1 is 1.29 bits per heavy atom. The van der Waals surface area contributed by atoms with Crippen LogP contribution >= 0.6 is 23.2 Å². The van der Waals surface area contributed by atoms with E-state index in [-0.39, 0.29) is 17.3 Å². The summed E-state index contributed by atoms with van der Waals surface area (Å²) in [4.78, 5) is 11.7. The Labute approximate surface area is 130 Å². The fourth-order valence-corrected chi connectivity index (χ4v) is 1.90. The molecule has 0 aliphatic carbocycles. The minimum absolute atomic E-state index is 0.0494. The molecule has 2 aromatic rings. The number of nitrogen functional groups attached to an aromatic ring is 1. The highest BCUT2D eigenvalue weighted by atomic mass is 35.5. The Morgan fingerprint density at radius 3 is 2.76 bits per heavy atom. The number of halogens is 3. The van der Waals surface area contributed by atoms with E-state index in [1.165, 1.54) is 18.2 Å². The van der Waals surface area contributed by atoms with Gasteiger partial charge in [-0.15, -0.1) is 0 Å². The average molecular weight is 329 g/mol. The summed E-state index contributed by atoms with van der Waals surface area (Å²) in [5, 5.41) is 3.10. The zero-order valence-electron chi connectivity index (χ0n) is 10.7. The molecule has 0 fully saturated rings. The quantitative estimate of drug-likeness (QED) is 0.840. The molecule has 0 radical (unpaired) electrons. The fraction of sp³-hybridized carbons (Fsp3) is 0.0714. The molecule has 2 rings (SSSR count). The normalized spacial score (nSPS) is 10.2. The summed E-state index contributed by atoms with van der Waals surface area (Å²) in [6, 6.07) is 8.74. The molecule has 7 heteroatoms. The zero-order chi connectivity index (χ0) is 15.4. The van der Waals surface area contributed by atoms with Crippen LogP contribution in [0.3, 0.4) is 0 Å². The Morgan fingerprint density at radius 2 is 2.05 bits per heavy atom. The number of rotatable bonds is 4. The van der Waals surface area contributed by atoms with Crippen LogP contribution in [0.4, 0.5) is 15.8 Å². The first-order valence-electron chi connectivity index (χ1n) is 5.89. The smallest absolute Gasteiger partial charge is 0.262 e. The summed E-state index contributed by atoms with van der Waals surface area (Å²) in [5.41, 5.74) is 5.73. The number of ether oxygens (including phenoxy) is 1. The van der Waals surface area contributed by atoms with Gasteiger partial charge in [-0.3, -0.25) is 4.79 Å². The van der Waals surface area contributed by atoms with Crippen molar-refractivity contribution in [2.24, 2.45) is 0 Å². The lowest BCUT2D eigenvalue weighted by molar-refractivity contribution is -0.118. The first kappa shape index (κ1) is 15.4. The van der Waals surface area contributed by atoms with Crippen LogP contribution in [-0.2, 0) is 4.79 Å². The first-order valence-corrected chi connectivity index (χ1v) is 6.64. The van der Waals surface area contributed by atoms with Crippen molar-refractivity contribution < 1.29 is 13.9 Å². The van der Waals surface area contributed by atoms with Crippen molar-refractivity contribution in [1.82, 2.24) is 0 Å². The van der Waals surface area contributed by atoms with Gasteiger partial charge in [0.05, 0.1) is 10.7 Å². The topological polar surface area (TPSA) is 64.3 Å². The predicted molar refractivity (Wildman–Crippen MR) is 81.4 cm³/mol. The lowest BCUT2D eigenvalue weighted by Gasteiger charge is -2.10. The highest BCUT2D eigenvalue weighted by molar-refractivity contribution is 6.42. The van der Waals surface area contributed by atoms with Crippen molar-refractivity contribution in [1.29, 1.82) is 0 Å². The van der Waals surface area contributed by atoms with Gasteiger partial charge in [-0.25, -0.2) is 4.39 Å². The van der Waals surface area contributed by atoms with Crippen molar-refractivity contribution in [3.63, 3.8) is 0 Å². The van der Waals surface area contributed by atoms with Crippen LogP contribution in [0.15, 0.2) is 36.4 Å². The monoisotopic (exact) mass is 328 g/mol. The third-order valence-corrected chi connectivity index (χ3v) is 3.36. The lowest BCUT2D eigenvalue weighted by atomic mass is 10.2. The number of anilines is 2. The van der Waals surface area contributed by atoms with Crippen LogP contribution in [0.2, 0.25) is 10.0 Å². The van der Waals surface area contributed by atoms with Gasteiger partial charge in [0.25, 0.3) is 5.91 Å². The summed E-state index contributed by atoms with van der Waals surface area (Å²) < 4.78 is 18.3. The third-order valence-electron chi connectivity index (χ3n) is 2.55. The van der Waals surface area contributed by atoms with Crippen LogP contribution in [0, 0.1) is 5.82 Å². The molecule has 0 heterocycles. The van der Waals surface area contributed by atoms with Crippen molar-refractivity contribution in [2.45, 2.75) is 0 Å². The molecule has 0 aromatic heterocycles. The van der Waals surface area contributed by atoms with E-state index < -0.39 is 11.7 Å². The van der Waals surface area contributed by atoms with Crippen LogP contribution in [0.5, 0.6) is 5.75 Å². The van der Waals surface area contributed by atoms with E-state index >= 15 is 0 Å². The van der Waals surface area contributed by atoms with Gasteiger partial charge in [-0.2, -0.15) is 0 Å². The molecular formula is C14H11Cl2FN2O2. The summed E-state index contributed by atoms with van der Waals surface area (Å²) in [5.74, 6) is -0.676. The molecule has 0 aliphatic heterocycles. The minimum Gasteiger partial charge on any atom is -0.482 e. The second kappa shape index (κ2) is 6.65. The number of benzene rings is 2. The molecule has 2 aromatic carbocycles. The van der Waals surface area contributed by atoms with E-state index in [1.807, 2.05) is 0 Å². The average Bonchev–Trinajstić information content (AvgIpc) is 2.44. The fourth-order valence-electron chi connectivity index (χ4n) is 1.56. The molecule has 0 saturated heterocycles. The van der Waals surface area contributed by atoms with Gasteiger partial charge in [0, 0.05) is 5.69 Å². The van der Waals surface area contributed by atoms with Crippen LogP contribution in [0.25, 0.3) is 0 Å². The van der Waals surface area contributed by atoms with Crippen molar-refractivity contribution in [2.75, 3.05) is 17.7 Å². The molecule has 0 atom stereocenters. The Balaban J connectivity index is 1.96. The van der Waals surface area contributed by atoms with E-state index in [2.05, 4.69) is 5.32 Å². The molecule has 0 spiro atoms. The van der Waals surface area contributed by atoms with Crippen LogP contribution < -0.4 is 15.8 Å². The predicted octanol–water partition coefficient (Wildman–Crippen LogP) is 3.73. The number of nitrogens with two attached hydrogens (primary N) is 1. The second-order valence-corrected chi connectivity index (χ2v) is 4.91. The van der Waals surface area contributed by atoms with Gasteiger partial charge < -0.3 is 15.8 Å². The molecule has 0 saturated carbocycles. The van der Waals surface area contributed by atoms with E-state index in [4.69, 9.17) is 33.7 Å². The maximum atomic E-state index is 13.0. The van der Waals surface area contributed by atoms with Gasteiger partial charge in [0.15, 0.2) is 6.61 Å². The van der Waals surface area contributed by atoms with Gasteiger partial charge in [-0.1, -0.05) is 29.3 Å². The van der Waals surface area contributed by atoms with E-state index in [0.29, 0.717) is 16.5 Å². The highest BCUT2D eigenvalue weighted by Gasteiger charge is 2.09. The number of carbonyl (C=O) groups is 1. The van der Waals surface area contributed by atoms with Crippen molar-refractivity contribution >= 4 is 40.5 Å². The van der Waals surface area contributed by atoms with Gasteiger partial charge in [0.1, 0.15) is 16.6 Å². The maximum Gasteiger partial charge on any atom is 0.262 e. The van der Waals surface area contributed by atoms with Crippen molar-refractivity contribution in [3.8, 4) is 5.75 Å². The van der Waals surface area contributed by atoms with E-state index in [1.54, 1.807) is 18.2 Å². The van der Waals surface area contributed by atoms with Crippen molar-refractivity contribution in [3.05, 3.63) is 52.3 Å². The van der Waals surface area contributed by atoms with Crippen LogP contribution in [0.1, 0.15) is 0 Å². The summed E-state index contributed by atoms with van der Waals surface area (Å²) >= 11 is 11.8. The third kappa shape index (κ3) is 4.00. The standard InChI is InChI=1S/C14H11Cl2FN2O2/c15-9-2-1-3-12(14(9)16)21-7-13(20)19-8-4-5-10(17)11(18)6-8/h1-6H,7,18H2,(H,19,20). The maximum absolute atomic E-state index is 13.0. The molecule has 1 amide bonds. The first-order chi connectivity index (χ1) is 9.97. The number of hydrogen-bond donors (Lipinski definition) is 2. The van der Waals surface area contributed by atoms with Gasteiger partial charge >= 0.3 is 0 Å². The number of hydrogen-bond acceptors (Lipinski definition) is 3. The highest BCUT2D eigenvalue weighted by Crippen LogP contribution is 2.31. The SMILES string of the molecule is Nc1cc(NC(=O)COc2cccc(Cl)c2Cl)ccc1F. The molecule has 0 aliphatic rings. The zero-order valence-corrected chi connectivity index (χ0v) is 12.2. The number of nitrogens with one attached hydrogen (secondary N) is 1. The largest absolute Gasteiger partial charge is 0.482 e. The molecular weight excluding hydrogens is 318 g/mol. The Bertz CT molecular complexity index is 680. The molecule has 21 heavy (non-hydrogen) atoms. The molecule has 4 nitrogen and oxygen atoms in total. The van der Waals surface area contributed by atoms with E-state index in [0.717, 1.165) is 0 Å². The molecule has 0 bridgehead atoms. The Kier molecular flexibility index (Phi) is 4.88. The van der Waals surface area contributed by atoms with Gasteiger partial charge in [0.2, 0.25) is 0 Å². The summed E-state index contributed by atoms with van der Waals surface area (Å²) in [6.07, 6.45) is 0. The number of amides is 1. The summed E-state index contributed by atoms with van der Waals surface area (Å²) in [7, 11) is 0.